The molecule has 0 fully saturated rings. The third-order valence-electron chi connectivity index (χ3n) is 6.04. The number of rotatable bonds is 11. The molecule has 0 radical (unpaired) electrons. The zero-order valence-electron chi connectivity index (χ0n) is 24.3. The molecule has 4 aromatic rings. The van der Waals surface area contributed by atoms with E-state index in [0.717, 1.165) is 25.7 Å². The van der Waals surface area contributed by atoms with Crippen LogP contribution < -0.4 is 20.7 Å². The van der Waals surface area contributed by atoms with E-state index in [-0.39, 0.29) is 40.6 Å². The highest BCUT2D eigenvalue weighted by atomic mass is 32.2. The summed E-state index contributed by atoms with van der Waals surface area (Å²) < 4.78 is 25.8. The standard InChI is InChI=1S/C28H35FN8O4S/c1-6-7-8-9-10-31-20(38)15-42-26-32-13-17(14-33-26)40-25-35-23(30)21-18-11-16(29)12-19(22(18)34-24(21)36-25)37(5)27(39)41-28(2,3)4/h11-14H,6-10,15H2,1-5H3,(H,31,38)(H3,30,34,35,36). The Kier molecular flexibility index (Phi) is 9.66. The van der Waals surface area contributed by atoms with Gasteiger partial charge in [-0.25, -0.2) is 19.2 Å². The van der Waals surface area contributed by atoms with Crippen LogP contribution in [0.15, 0.2) is 29.7 Å². The first-order valence-electron chi connectivity index (χ1n) is 13.6. The highest BCUT2D eigenvalue weighted by molar-refractivity contribution is 7.99. The molecule has 2 amide bonds. The van der Waals surface area contributed by atoms with Crippen molar-refractivity contribution in [3.8, 4) is 11.8 Å². The van der Waals surface area contributed by atoms with E-state index in [0.29, 0.717) is 28.0 Å². The molecule has 0 aliphatic heterocycles. The van der Waals surface area contributed by atoms with Crippen molar-refractivity contribution in [2.24, 2.45) is 0 Å². The summed E-state index contributed by atoms with van der Waals surface area (Å²) in [6, 6.07) is 2.43. The number of benzene rings is 1. The molecule has 0 spiro atoms. The second kappa shape index (κ2) is 13.2. The van der Waals surface area contributed by atoms with Gasteiger partial charge in [0.05, 0.1) is 34.7 Å². The predicted octanol–water partition coefficient (Wildman–Crippen LogP) is 5.57. The lowest BCUT2D eigenvalue weighted by Crippen LogP contribution is -2.34. The number of hydrogen-bond acceptors (Lipinski definition) is 10. The van der Waals surface area contributed by atoms with Crippen molar-refractivity contribution in [1.29, 1.82) is 0 Å². The number of nitrogens with one attached hydrogen (secondary N) is 2. The van der Waals surface area contributed by atoms with E-state index in [1.54, 1.807) is 20.8 Å². The summed E-state index contributed by atoms with van der Waals surface area (Å²) in [7, 11) is 1.49. The molecular weight excluding hydrogens is 563 g/mol. The second-order valence-electron chi connectivity index (χ2n) is 10.6. The monoisotopic (exact) mass is 598 g/mol. The molecule has 0 unspecified atom stereocenters. The Morgan fingerprint density at radius 1 is 1.14 bits per heavy atom. The molecule has 0 aliphatic rings. The van der Waals surface area contributed by atoms with Gasteiger partial charge in [0.25, 0.3) is 0 Å². The summed E-state index contributed by atoms with van der Waals surface area (Å²) in [5, 5.41) is 4.08. The van der Waals surface area contributed by atoms with E-state index in [2.05, 4.69) is 37.2 Å². The van der Waals surface area contributed by atoms with Crippen molar-refractivity contribution in [3.63, 3.8) is 0 Å². The number of aromatic nitrogens is 5. The van der Waals surface area contributed by atoms with Gasteiger partial charge in [0, 0.05) is 19.0 Å². The zero-order chi connectivity index (χ0) is 30.4. The van der Waals surface area contributed by atoms with Crippen molar-refractivity contribution >= 4 is 57.2 Å². The zero-order valence-corrected chi connectivity index (χ0v) is 25.1. The second-order valence-corrected chi connectivity index (χ2v) is 11.6. The third-order valence-corrected chi connectivity index (χ3v) is 6.91. The fourth-order valence-corrected chi connectivity index (χ4v) is 4.71. The number of H-pyrrole nitrogens is 1. The fourth-order valence-electron chi connectivity index (χ4n) is 4.09. The van der Waals surface area contributed by atoms with Gasteiger partial charge in [0.1, 0.15) is 22.9 Å². The minimum absolute atomic E-state index is 0.0477. The summed E-state index contributed by atoms with van der Waals surface area (Å²) in [6.45, 7) is 8.04. The van der Waals surface area contributed by atoms with E-state index in [1.807, 2.05) is 0 Å². The van der Waals surface area contributed by atoms with Gasteiger partial charge in [-0.05, 0) is 39.3 Å². The van der Waals surface area contributed by atoms with Crippen molar-refractivity contribution in [2.75, 3.05) is 30.0 Å². The topological polar surface area (TPSA) is 161 Å². The van der Waals surface area contributed by atoms with Crippen LogP contribution in [0.4, 0.5) is 20.7 Å². The van der Waals surface area contributed by atoms with Crippen LogP contribution >= 0.6 is 11.8 Å². The first-order chi connectivity index (χ1) is 19.9. The van der Waals surface area contributed by atoms with Gasteiger partial charge in [-0.1, -0.05) is 37.9 Å². The number of fused-ring (bicyclic) bond motifs is 3. The molecule has 0 saturated carbocycles. The van der Waals surface area contributed by atoms with Crippen LogP contribution in [0.25, 0.3) is 21.9 Å². The van der Waals surface area contributed by atoms with Crippen LogP contribution in [0, 0.1) is 5.82 Å². The van der Waals surface area contributed by atoms with Gasteiger partial charge < -0.3 is 25.5 Å². The molecule has 0 bridgehead atoms. The quantitative estimate of drug-likeness (QED) is 0.113. The number of halogens is 1. The minimum atomic E-state index is -0.733. The molecule has 3 aromatic heterocycles. The molecule has 224 valence electrons. The highest BCUT2D eigenvalue weighted by Crippen LogP contribution is 2.36. The number of ether oxygens (including phenoxy) is 2. The van der Waals surface area contributed by atoms with E-state index in [9.17, 15) is 14.0 Å². The van der Waals surface area contributed by atoms with Gasteiger partial charge in [-0.2, -0.15) is 9.97 Å². The average molecular weight is 599 g/mol. The maximum Gasteiger partial charge on any atom is 0.414 e. The van der Waals surface area contributed by atoms with Crippen LogP contribution in [-0.2, 0) is 9.53 Å². The molecule has 4 N–H and O–H groups in total. The lowest BCUT2D eigenvalue weighted by Gasteiger charge is -2.25. The number of hydrogen-bond donors (Lipinski definition) is 3. The summed E-state index contributed by atoms with van der Waals surface area (Å²) in [4.78, 5) is 46.1. The third kappa shape index (κ3) is 7.75. The molecular formula is C28H35FN8O4S. The Hall–Kier alpha value is -4.20. The molecule has 0 aliphatic carbocycles. The van der Waals surface area contributed by atoms with Gasteiger partial charge >= 0.3 is 12.1 Å². The van der Waals surface area contributed by atoms with Crippen molar-refractivity contribution in [3.05, 3.63) is 30.3 Å². The van der Waals surface area contributed by atoms with Gasteiger partial charge in [0.15, 0.2) is 10.9 Å². The van der Waals surface area contributed by atoms with Crippen molar-refractivity contribution in [2.45, 2.75) is 64.1 Å². The van der Waals surface area contributed by atoms with Gasteiger partial charge in [0.2, 0.25) is 5.91 Å². The van der Waals surface area contributed by atoms with E-state index in [4.69, 9.17) is 15.2 Å². The minimum Gasteiger partial charge on any atom is -0.443 e. The molecule has 0 atom stereocenters. The number of carbonyl (C=O) groups is 2. The number of unbranched alkanes of at least 4 members (excludes halogenated alkanes) is 3. The largest absolute Gasteiger partial charge is 0.443 e. The number of thioether (sulfide) groups is 1. The highest BCUT2D eigenvalue weighted by Gasteiger charge is 2.24. The molecule has 14 heteroatoms. The maximum absolute atomic E-state index is 14.7. The smallest absolute Gasteiger partial charge is 0.414 e. The predicted molar refractivity (Wildman–Crippen MR) is 160 cm³/mol. The molecule has 42 heavy (non-hydrogen) atoms. The van der Waals surface area contributed by atoms with Crippen molar-refractivity contribution < 1.29 is 23.5 Å². The van der Waals surface area contributed by atoms with Crippen molar-refractivity contribution in [1.82, 2.24) is 30.2 Å². The van der Waals surface area contributed by atoms with E-state index < -0.39 is 17.5 Å². The lowest BCUT2D eigenvalue weighted by molar-refractivity contribution is -0.118. The number of aromatic amines is 1. The van der Waals surface area contributed by atoms with Crippen LogP contribution in [-0.4, -0.2) is 61.9 Å². The first kappa shape index (κ1) is 30.8. The fraction of sp³-hybridized carbons (Fsp3) is 0.429. The van der Waals surface area contributed by atoms with E-state index in [1.165, 1.54) is 48.2 Å². The van der Waals surface area contributed by atoms with Gasteiger partial charge in [-0.15, -0.1) is 0 Å². The SMILES string of the molecule is CCCCCCNC(=O)CSc1ncc(Oc2nc(N)c3c(n2)[nH]c2c(N(C)C(=O)OC(C)(C)C)cc(F)cc23)cn1. The van der Waals surface area contributed by atoms with Crippen LogP contribution in [0.1, 0.15) is 53.4 Å². The normalized spacial score (nSPS) is 11.6. The van der Waals surface area contributed by atoms with Crippen LogP contribution in [0.3, 0.4) is 0 Å². The Balaban J connectivity index is 1.48. The van der Waals surface area contributed by atoms with Crippen LogP contribution in [0.5, 0.6) is 11.8 Å². The summed E-state index contributed by atoms with van der Waals surface area (Å²) in [5.74, 6) is -0.141. The molecule has 12 nitrogen and oxygen atoms in total. The molecule has 1 aromatic carbocycles. The molecule has 0 saturated heterocycles. The van der Waals surface area contributed by atoms with Gasteiger partial charge in [-0.3, -0.25) is 9.69 Å². The number of nitrogens with zero attached hydrogens (tertiary/aromatic N) is 5. The number of anilines is 2. The Labute approximate surface area is 247 Å². The Morgan fingerprint density at radius 3 is 2.57 bits per heavy atom. The average Bonchev–Trinajstić information content (AvgIpc) is 3.29. The summed E-state index contributed by atoms with van der Waals surface area (Å²) >= 11 is 1.21. The molecule has 4 rings (SSSR count). The number of nitrogens with two attached hydrogens (primary N) is 1. The number of amides is 2. The number of nitrogen functional groups attached to an aromatic ring is 1. The Bertz CT molecular complexity index is 1570. The maximum atomic E-state index is 14.7. The summed E-state index contributed by atoms with van der Waals surface area (Å²) in [6.07, 6.45) is 6.60. The Morgan fingerprint density at radius 2 is 1.88 bits per heavy atom. The number of carbonyl (C=O) groups excluding carboxylic acids is 2. The van der Waals surface area contributed by atoms with E-state index >= 15 is 0 Å². The first-order valence-corrected chi connectivity index (χ1v) is 14.6. The molecule has 3 heterocycles. The van der Waals surface area contributed by atoms with Crippen LogP contribution in [0.2, 0.25) is 0 Å². The lowest BCUT2D eigenvalue weighted by atomic mass is 10.1. The summed E-state index contributed by atoms with van der Waals surface area (Å²) in [5.41, 5.74) is 6.46.